The smallest absolute Gasteiger partial charge is 0.322 e. The first kappa shape index (κ1) is 13.8. The lowest BCUT2D eigenvalue weighted by molar-refractivity contribution is -0.389. The van der Waals surface area contributed by atoms with Gasteiger partial charge in [0.25, 0.3) is 0 Å². The number of anilines is 1. The fraction of sp³-hybridized carbons (Fsp3) is 0.273. The summed E-state index contributed by atoms with van der Waals surface area (Å²) in [5.74, 6) is 0.421. The lowest BCUT2D eigenvalue weighted by Gasteiger charge is -2.06. The molecule has 2 rings (SSSR count). The first-order valence-electron chi connectivity index (χ1n) is 5.60. The first-order valence-corrected chi connectivity index (χ1v) is 7.29. The molecule has 0 amide bonds. The largest absolute Gasteiger partial charge is 0.354 e. The number of nitrogens with zero attached hydrogens (tertiary/aromatic N) is 3. The second kappa shape index (κ2) is 5.98. The summed E-state index contributed by atoms with van der Waals surface area (Å²) in [6, 6.07) is 3.81. The number of rotatable bonds is 5. The van der Waals surface area contributed by atoms with Crippen LogP contribution in [-0.4, -0.2) is 21.4 Å². The standard InChI is InChI=1S/C11H12N4O2S2/c1-3-12-11-13-7(2)9(15(16)17)10(14-11)19-8-5-4-6-18-8/h4-6H,3H2,1-2H3,(H,12,13,14). The number of thiophene rings is 1. The van der Waals surface area contributed by atoms with Crippen molar-refractivity contribution in [2.24, 2.45) is 0 Å². The zero-order valence-corrected chi connectivity index (χ0v) is 12.0. The van der Waals surface area contributed by atoms with Crippen LogP contribution in [0.5, 0.6) is 0 Å². The van der Waals surface area contributed by atoms with Crippen LogP contribution >= 0.6 is 23.1 Å². The number of hydrogen-bond acceptors (Lipinski definition) is 7. The van der Waals surface area contributed by atoms with Crippen molar-refractivity contribution in [1.29, 1.82) is 0 Å². The van der Waals surface area contributed by atoms with E-state index < -0.39 is 4.92 Å². The van der Waals surface area contributed by atoms with Gasteiger partial charge in [-0.2, -0.15) is 4.98 Å². The third kappa shape index (κ3) is 3.21. The van der Waals surface area contributed by atoms with E-state index in [1.165, 1.54) is 23.1 Å². The molecule has 0 aliphatic rings. The van der Waals surface area contributed by atoms with Crippen molar-refractivity contribution in [1.82, 2.24) is 9.97 Å². The van der Waals surface area contributed by atoms with E-state index in [4.69, 9.17) is 0 Å². The highest BCUT2D eigenvalue weighted by Gasteiger charge is 2.23. The van der Waals surface area contributed by atoms with Crippen LogP contribution in [0, 0.1) is 17.0 Å². The van der Waals surface area contributed by atoms with Gasteiger partial charge in [0.05, 0.1) is 9.13 Å². The molecule has 19 heavy (non-hydrogen) atoms. The van der Waals surface area contributed by atoms with Crippen molar-refractivity contribution in [2.75, 3.05) is 11.9 Å². The Labute approximate surface area is 118 Å². The molecule has 6 nitrogen and oxygen atoms in total. The van der Waals surface area contributed by atoms with Crippen molar-refractivity contribution >= 4 is 34.7 Å². The molecule has 0 saturated carbocycles. The SMILES string of the molecule is CCNc1nc(C)c([N+](=O)[O-])c(Sc2cccs2)n1. The Morgan fingerprint density at radius 1 is 1.53 bits per heavy atom. The third-order valence-corrected chi connectivity index (χ3v) is 4.25. The van der Waals surface area contributed by atoms with Crippen LogP contribution in [0.3, 0.4) is 0 Å². The van der Waals surface area contributed by atoms with E-state index in [-0.39, 0.29) is 5.69 Å². The molecule has 2 aromatic heterocycles. The maximum atomic E-state index is 11.1. The van der Waals surface area contributed by atoms with E-state index in [0.29, 0.717) is 23.2 Å². The number of hydrogen-bond donors (Lipinski definition) is 1. The van der Waals surface area contributed by atoms with Gasteiger partial charge < -0.3 is 5.32 Å². The van der Waals surface area contributed by atoms with Gasteiger partial charge in [-0.1, -0.05) is 17.8 Å². The Hall–Kier alpha value is -1.67. The highest BCUT2D eigenvalue weighted by Crippen LogP contribution is 2.37. The van der Waals surface area contributed by atoms with Crippen molar-refractivity contribution in [3.05, 3.63) is 33.3 Å². The second-order valence-electron chi connectivity index (χ2n) is 3.61. The topological polar surface area (TPSA) is 81.0 Å². The fourth-order valence-corrected chi connectivity index (χ4v) is 3.31. The van der Waals surface area contributed by atoms with E-state index >= 15 is 0 Å². The molecule has 0 aromatic carbocycles. The molecule has 0 atom stereocenters. The van der Waals surface area contributed by atoms with Crippen molar-refractivity contribution < 1.29 is 4.92 Å². The quantitative estimate of drug-likeness (QED) is 0.518. The minimum Gasteiger partial charge on any atom is -0.354 e. The number of aryl methyl sites for hydroxylation is 1. The van der Waals surface area contributed by atoms with Gasteiger partial charge in [0, 0.05) is 6.54 Å². The molecule has 1 N–H and O–H groups in total. The minimum atomic E-state index is -0.430. The maximum absolute atomic E-state index is 11.1. The van der Waals surface area contributed by atoms with Crippen LogP contribution in [0.4, 0.5) is 11.6 Å². The first-order chi connectivity index (χ1) is 9.11. The summed E-state index contributed by atoms with van der Waals surface area (Å²) in [5.41, 5.74) is 0.343. The summed E-state index contributed by atoms with van der Waals surface area (Å²) in [7, 11) is 0. The molecule has 8 heteroatoms. The molecule has 0 spiro atoms. The molecular formula is C11H12N4O2S2. The number of nitrogens with one attached hydrogen (secondary N) is 1. The van der Waals surface area contributed by atoms with Crippen molar-refractivity contribution in [2.45, 2.75) is 23.1 Å². The molecule has 2 heterocycles. The lowest BCUT2D eigenvalue weighted by Crippen LogP contribution is -2.07. The molecule has 0 bridgehead atoms. The monoisotopic (exact) mass is 296 g/mol. The highest BCUT2D eigenvalue weighted by molar-refractivity contribution is 8.01. The zero-order valence-electron chi connectivity index (χ0n) is 10.4. The molecule has 0 radical (unpaired) electrons. The van der Waals surface area contributed by atoms with Gasteiger partial charge in [-0.3, -0.25) is 10.1 Å². The number of nitro groups is 1. The van der Waals surface area contributed by atoms with Crippen molar-refractivity contribution in [3.63, 3.8) is 0 Å². The van der Waals surface area contributed by atoms with E-state index in [0.717, 1.165) is 4.21 Å². The van der Waals surface area contributed by atoms with Crippen LogP contribution in [0.15, 0.2) is 26.7 Å². The Bertz CT molecular complexity index is 587. The Balaban J connectivity index is 2.44. The third-order valence-electron chi connectivity index (χ3n) is 2.24. The predicted octanol–water partition coefficient (Wildman–Crippen LogP) is 3.34. The molecule has 0 aliphatic carbocycles. The van der Waals surface area contributed by atoms with E-state index in [9.17, 15) is 10.1 Å². The molecule has 0 fully saturated rings. The average Bonchev–Trinajstić information content (AvgIpc) is 2.81. The molecule has 0 aliphatic heterocycles. The van der Waals surface area contributed by atoms with Crippen LogP contribution in [0.1, 0.15) is 12.6 Å². The van der Waals surface area contributed by atoms with Crippen LogP contribution in [-0.2, 0) is 0 Å². The summed E-state index contributed by atoms with van der Waals surface area (Å²) in [6.07, 6.45) is 0. The summed E-state index contributed by atoms with van der Waals surface area (Å²) in [5, 5.41) is 16.4. The van der Waals surface area contributed by atoms with Crippen LogP contribution in [0.2, 0.25) is 0 Å². The van der Waals surface area contributed by atoms with Crippen molar-refractivity contribution in [3.8, 4) is 0 Å². The maximum Gasteiger partial charge on any atom is 0.322 e. The average molecular weight is 296 g/mol. The van der Waals surface area contributed by atoms with Gasteiger partial charge in [0.15, 0.2) is 5.03 Å². The summed E-state index contributed by atoms with van der Waals surface area (Å²) < 4.78 is 0.962. The van der Waals surface area contributed by atoms with E-state index in [1.54, 1.807) is 6.92 Å². The molecule has 0 unspecified atom stereocenters. The Morgan fingerprint density at radius 2 is 2.32 bits per heavy atom. The summed E-state index contributed by atoms with van der Waals surface area (Å²) in [6.45, 7) is 4.21. The van der Waals surface area contributed by atoms with Gasteiger partial charge >= 0.3 is 5.69 Å². The van der Waals surface area contributed by atoms with Gasteiger partial charge in [0.2, 0.25) is 5.95 Å². The molecule has 2 aromatic rings. The summed E-state index contributed by atoms with van der Waals surface area (Å²) >= 11 is 2.81. The van der Waals surface area contributed by atoms with Gasteiger partial charge in [-0.15, -0.1) is 11.3 Å². The second-order valence-corrected chi connectivity index (χ2v) is 5.84. The Kier molecular flexibility index (Phi) is 4.33. The molecule has 0 saturated heterocycles. The normalized spacial score (nSPS) is 10.4. The van der Waals surface area contributed by atoms with Gasteiger partial charge in [-0.25, -0.2) is 4.98 Å². The van der Waals surface area contributed by atoms with E-state index in [2.05, 4.69) is 15.3 Å². The highest BCUT2D eigenvalue weighted by atomic mass is 32.2. The molecular weight excluding hydrogens is 284 g/mol. The minimum absolute atomic E-state index is 0.0277. The Morgan fingerprint density at radius 3 is 2.89 bits per heavy atom. The molecule has 100 valence electrons. The van der Waals surface area contributed by atoms with Crippen LogP contribution in [0.25, 0.3) is 0 Å². The summed E-state index contributed by atoms with van der Waals surface area (Å²) in [4.78, 5) is 19.0. The van der Waals surface area contributed by atoms with E-state index in [1.807, 2.05) is 24.4 Å². The fourth-order valence-electron chi connectivity index (χ4n) is 1.48. The number of aromatic nitrogens is 2. The van der Waals surface area contributed by atoms with Gasteiger partial charge in [-0.05, 0) is 25.3 Å². The predicted molar refractivity (Wildman–Crippen MR) is 76.0 cm³/mol. The van der Waals surface area contributed by atoms with Crippen LogP contribution < -0.4 is 5.32 Å². The van der Waals surface area contributed by atoms with Gasteiger partial charge in [0.1, 0.15) is 5.69 Å². The zero-order chi connectivity index (χ0) is 13.8. The lowest BCUT2D eigenvalue weighted by atomic mass is 10.4.